The minimum absolute atomic E-state index is 0.0429. The molecule has 2 N–H and O–H groups in total. The molecule has 156 valence electrons. The Morgan fingerprint density at radius 2 is 1.90 bits per heavy atom. The molecule has 0 aliphatic heterocycles. The van der Waals surface area contributed by atoms with E-state index in [1.165, 1.54) is 6.20 Å². The molecule has 0 atom stereocenters. The number of carbonyl (C=O) groups excluding carboxylic acids is 2. The molecule has 0 fully saturated rings. The van der Waals surface area contributed by atoms with E-state index in [2.05, 4.69) is 15.3 Å². The number of aliphatic hydroxyl groups excluding tert-OH is 1. The maximum absolute atomic E-state index is 13.2. The van der Waals surface area contributed by atoms with Gasteiger partial charge in [0.25, 0.3) is 0 Å². The van der Waals surface area contributed by atoms with Crippen molar-refractivity contribution in [2.45, 2.75) is 13.0 Å². The van der Waals surface area contributed by atoms with Gasteiger partial charge in [0.05, 0.1) is 18.5 Å². The zero-order valence-corrected chi connectivity index (χ0v) is 17.2. The van der Waals surface area contributed by atoms with E-state index >= 15 is 0 Å². The van der Waals surface area contributed by atoms with Crippen molar-refractivity contribution < 1.29 is 14.7 Å². The fraction of sp³-hybridized carbons (Fsp3) is 0.130. The van der Waals surface area contributed by atoms with Gasteiger partial charge in [0.2, 0.25) is 5.91 Å². The monoisotopic (exact) mass is 434 g/mol. The maximum atomic E-state index is 13.2. The number of aromatic nitrogens is 3. The molecule has 31 heavy (non-hydrogen) atoms. The summed E-state index contributed by atoms with van der Waals surface area (Å²) < 4.78 is 1.82. The maximum Gasteiger partial charge on any atom is 0.229 e. The summed E-state index contributed by atoms with van der Waals surface area (Å²) >= 11 is 5.87. The van der Waals surface area contributed by atoms with Gasteiger partial charge >= 0.3 is 0 Å². The van der Waals surface area contributed by atoms with E-state index in [0.717, 1.165) is 11.1 Å². The number of hydrogen-bond acceptors (Lipinski definition) is 5. The van der Waals surface area contributed by atoms with Crippen LogP contribution in [0.15, 0.2) is 67.3 Å². The van der Waals surface area contributed by atoms with Crippen molar-refractivity contribution in [1.29, 1.82) is 0 Å². The Bertz CT molecular complexity index is 1250. The van der Waals surface area contributed by atoms with Crippen molar-refractivity contribution in [2.75, 3.05) is 11.9 Å². The van der Waals surface area contributed by atoms with Crippen LogP contribution in [0.1, 0.15) is 21.5 Å². The molecule has 1 amide bonds. The summed E-state index contributed by atoms with van der Waals surface area (Å²) in [5.74, 6) is -0.171. The second kappa shape index (κ2) is 9.07. The van der Waals surface area contributed by atoms with Crippen molar-refractivity contribution in [2.24, 2.45) is 0 Å². The van der Waals surface area contributed by atoms with Crippen LogP contribution >= 0.6 is 11.6 Å². The molecule has 0 saturated carbocycles. The molecule has 0 spiro atoms. The van der Waals surface area contributed by atoms with Gasteiger partial charge in [-0.15, -0.1) is 0 Å². The number of pyridine rings is 2. The van der Waals surface area contributed by atoms with Gasteiger partial charge in [0.1, 0.15) is 5.82 Å². The summed E-state index contributed by atoms with van der Waals surface area (Å²) in [5.41, 5.74) is 2.50. The predicted molar refractivity (Wildman–Crippen MR) is 118 cm³/mol. The van der Waals surface area contributed by atoms with E-state index in [0.29, 0.717) is 33.9 Å². The van der Waals surface area contributed by atoms with E-state index in [4.69, 9.17) is 11.6 Å². The highest BCUT2D eigenvalue weighted by molar-refractivity contribution is 6.30. The molecule has 3 aromatic heterocycles. The normalized spacial score (nSPS) is 10.9. The quantitative estimate of drug-likeness (QED) is 0.434. The van der Waals surface area contributed by atoms with Gasteiger partial charge in [-0.25, -0.2) is 4.98 Å². The smallest absolute Gasteiger partial charge is 0.229 e. The molecule has 8 heteroatoms. The third-order valence-corrected chi connectivity index (χ3v) is 5.09. The predicted octanol–water partition coefficient (Wildman–Crippen LogP) is 3.49. The molecule has 3 heterocycles. The highest BCUT2D eigenvalue weighted by atomic mass is 35.5. The Morgan fingerprint density at radius 1 is 1.10 bits per heavy atom. The van der Waals surface area contributed by atoms with Crippen LogP contribution in [0, 0.1) is 0 Å². The van der Waals surface area contributed by atoms with Crippen molar-refractivity contribution >= 4 is 40.0 Å². The first-order valence-electron chi connectivity index (χ1n) is 9.64. The molecule has 0 aliphatic carbocycles. The van der Waals surface area contributed by atoms with Crippen LogP contribution in [0.3, 0.4) is 0 Å². The van der Waals surface area contributed by atoms with E-state index in [1.54, 1.807) is 61.1 Å². The van der Waals surface area contributed by atoms with Gasteiger partial charge in [-0.05, 0) is 35.9 Å². The molecule has 1 aromatic carbocycles. The Morgan fingerprint density at radius 3 is 2.68 bits per heavy atom. The highest BCUT2D eigenvalue weighted by Gasteiger charge is 2.18. The van der Waals surface area contributed by atoms with Gasteiger partial charge in [0.15, 0.2) is 5.78 Å². The van der Waals surface area contributed by atoms with E-state index in [9.17, 15) is 14.7 Å². The molecule has 4 rings (SSSR count). The zero-order chi connectivity index (χ0) is 21.8. The number of aliphatic hydroxyl groups is 1. The Labute approximate surface area is 183 Å². The molecule has 7 nitrogen and oxygen atoms in total. The average molecular weight is 435 g/mol. The Hall–Kier alpha value is -3.55. The summed E-state index contributed by atoms with van der Waals surface area (Å²) in [6.45, 7) is 0.328. The molecule has 4 aromatic rings. The summed E-state index contributed by atoms with van der Waals surface area (Å²) in [5, 5.41) is 13.3. The number of halogens is 1. The van der Waals surface area contributed by atoms with Crippen LogP contribution in [0.2, 0.25) is 5.02 Å². The molecule has 0 bridgehead atoms. The summed E-state index contributed by atoms with van der Waals surface area (Å²) in [7, 11) is 0. The van der Waals surface area contributed by atoms with E-state index in [1.807, 2.05) is 4.57 Å². The fourth-order valence-electron chi connectivity index (χ4n) is 3.38. The van der Waals surface area contributed by atoms with Gasteiger partial charge < -0.3 is 15.0 Å². The van der Waals surface area contributed by atoms with Gasteiger partial charge in [-0.2, -0.15) is 0 Å². The first kappa shape index (κ1) is 20.7. The van der Waals surface area contributed by atoms with Crippen LogP contribution < -0.4 is 5.32 Å². The SMILES string of the molecule is O=C(Cc1ccc(Cl)cc1)Nc1cc(C(=O)c2cn(CCO)c3ccncc23)ccn1. The number of amides is 1. The first-order chi connectivity index (χ1) is 15.0. The molecule has 0 radical (unpaired) electrons. The second-order valence-corrected chi connectivity index (χ2v) is 7.40. The number of nitrogens with one attached hydrogen (secondary N) is 1. The Kier molecular flexibility index (Phi) is 6.06. The van der Waals surface area contributed by atoms with E-state index in [-0.39, 0.29) is 24.7 Å². The van der Waals surface area contributed by atoms with Gasteiger partial charge in [0, 0.05) is 52.9 Å². The molecule has 0 saturated heterocycles. The minimum Gasteiger partial charge on any atom is -0.395 e. The molecule has 0 unspecified atom stereocenters. The van der Waals surface area contributed by atoms with Crippen molar-refractivity contribution in [1.82, 2.24) is 14.5 Å². The van der Waals surface area contributed by atoms with Crippen LogP contribution in [0.5, 0.6) is 0 Å². The van der Waals surface area contributed by atoms with Crippen LogP contribution in [-0.4, -0.2) is 37.9 Å². The molecule has 0 aliphatic rings. The Balaban J connectivity index is 1.55. The summed E-state index contributed by atoms with van der Waals surface area (Å²) in [4.78, 5) is 33.8. The topological polar surface area (TPSA) is 97.1 Å². The number of anilines is 1. The number of benzene rings is 1. The lowest BCUT2D eigenvalue weighted by atomic mass is 10.0. The molecular weight excluding hydrogens is 416 g/mol. The number of carbonyl (C=O) groups is 2. The summed E-state index contributed by atoms with van der Waals surface area (Å²) in [6, 6.07) is 12.0. The largest absolute Gasteiger partial charge is 0.395 e. The number of rotatable bonds is 7. The van der Waals surface area contributed by atoms with Crippen molar-refractivity contribution in [3.63, 3.8) is 0 Å². The minimum atomic E-state index is -0.247. The van der Waals surface area contributed by atoms with Crippen LogP contribution in [-0.2, 0) is 17.8 Å². The molecular formula is C23H19ClN4O3. The average Bonchev–Trinajstić information content (AvgIpc) is 3.14. The number of hydrogen-bond donors (Lipinski definition) is 2. The van der Waals surface area contributed by atoms with Crippen molar-refractivity contribution in [3.05, 3.63) is 89.0 Å². The number of fused-ring (bicyclic) bond motifs is 1. The number of nitrogens with zero attached hydrogens (tertiary/aromatic N) is 3. The lowest BCUT2D eigenvalue weighted by molar-refractivity contribution is -0.115. The van der Waals surface area contributed by atoms with Crippen LogP contribution in [0.4, 0.5) is 5.82 Å². The zero-order valence-electron chi connectivity index (χ0n) is 16.5. The van der Waals surface area contributed by atoms with Gasteiger partial charge in [-0.1, -0.05) is 23.7 Å². The van der Waals surface area contributed by atoms with Gasteiger partial charge in [-0.3, -0.25) is 14.6 Å². The lowest BCUT2D eigenvalue weighted by Gasteiger charge is -2.06. The van der Waals surface area contributed by atoms with Crippen molar-refractivity contribution in [3.8, 4) is 0 Å². The number of ketones is 1. The third-order valence-electron chi connectivity index (χ3n) is 4.84. The third kappa shape index (κ3) is 4.63. The second-order valence-electron chi connectivity index (χ2n) is 6.96. The van der Waals surface area contributed by atoms with Crippen LogP contribution in [0.25, 0.3) is 10.9 Å². The highest BCUT2D eigenvalue weighted by Crippen LogP contribution is 2.24. The summed E-state index contributed by atoms with van der Waals surface area (Å²) in [6.07, 6.45) is 6.63. The first-order valence-corrected chi connectivity index (χ1v) is 10.0. The fourth-order valence-corrected chi connectivity index (χ4v) is 3.51. The lowest BCUT2D eigenvalue weighted by Crippen LogP contribution is -2.15. The van der Waals surface area contributed by atoms with E-state index < -0.39 is 0 Å². The standard InChI is InChI=1S/C23H19ClN4O3/c24-17-3-1-15(2-4-17)11-22(30)27-21-12-16(5-8-26-21)23(31)19-14-28(9-10-29)20-6-7-25-13-18(19)20/h1-8,12-14,29H,9-11H2,(H,26,27,30).